The van der Waals surface area contributed by atoms with Gasteiger partial charge in [-0.3, -0.25) is 0 Å². The van der Waals surface area contributed by atoms with Gasteiger partial charge in [0, 0.05) is 32.4 Å². The number of methoxy groups -OCH3 is 1. The molecule has 1 aromatic carbocycles. The molecule has 0 bridgehead atoms. The standard InChI is InChI=1S/C19H21N5O2/c1-14-21-19(26-22-14)15-6-5-9-20-18(15)24-12-10-23(11-13-24)16-7-3-4-8-17(16)25-2/h3-9H,10-13H2,1-2H3. The summed E-state index contributed by atoms with van der Waals surface area (Å²) in [6, 6.07) is 12.0. The fraction of sp³-hybridized carbons (Fsp3) is 0.316. The fourth-order valence-electron chi connectivity index (χ4n) is 3.27. The van der Waals surface area contributed by atoms with Crippen LogP contribution in [0, 0.1) is 6.92 Å². The fourth-order valence-corrected chi connectivity index (χ4v) is 3.27. The van der Waals surface area contributed by atoms with Gasteiger partial charge in [0.2, 0.25) is 0 Å². The normalized spacial score (nSPS) is 14.5. The number of aryl methyl sites for hydroxylation is 1. The van der Waals surface area contributed by atoms with Crippen molar-refractivity contribution in [2.75, 3.05) is 43.1 Å². The molecule has 0 aliphatic carbocycles. The number of rotatable bonds is 4. The van der Waals surface area contributed by atoms with Gasteiger partial charge in [-0.2, -0.15) is 4.98 Å². The molecular formula is C19H21N5O2. The van der Waals surface area contributed by atoms with E-state index in [1.807, 2.05) is 37.3 Å². The Morgan fingerprint density at radius 2 is 1.77 bits per heavy atom. The Labute approximate surface area is 152 Å². The molecule has 134 valence electrons. The molecular weight excluding hydrogens is 330 g/mol. The first kappa shape index (κ1) is 16.4. The largest absolute Gasteiger partial charge is 0.495 e. The van der Waals surface area contributed by atoms with Gasteiger partial charge in [-0.1, -0.05) is 17.3 Å². The molecule has 0 amide bonds. The van der Waals surface area contributed by atoms with Crippen molar-refractivity contribution in [3.05, 3.63) is 48.4 Å². The molecule has 0 unspecified atom stereocenters. The minimum Gasteiger partial charge on any atom is -0.495 e. The van der Waals surface area contributed by atoms with Gasteiger partial charge in [0.05, 0.1) is 18.4 Å². The van der Waals surface area contributed by atoms with Crippen molar-refractivity contribution in [3.63, 3.8) is 0 Å². The molecule has 1 saturated heterocycles. The number of nitrogens with zero attached hydrogens (tertiary/aromatic N) is 5. The van der Waals surface area contributed by atoms with Crippen LogP contribution < -0.4 is 14.5 Å². The van der Waals surface area contributed by atoms with E-state index in [9.17, 15) is 0 Å². The molecule has 0 saturated carbocycles. The third-order valence-electron chi connectivity index (χ3n) is 4.55. The molecule has 1 aliphatic rings. The summed E-state index contributed by atoms with van der Waals surface area (Å²) in [5, 5.41) is 3.90. The Morgan fingerprint density at radius 3 is 2.50 bits per heavy atom. The second-order valence-corrected chi connectivity index (χ2v) is 6.17. The first-order valence-corrected chi connectivity index (χ1v) is 8.65. The van der Waals surface area contributed by atoms with E-state index >= 15 is 0 Å². The van der Waals surface area contributed by atoms with Gasteiger partial charge in [0.1, 0.15) is 11.6 Å². The topological polar surface area (TPSA) is 67.5 Å². The number of piperazine rings is 1. The Morgan fingerprint density at radius 1 is 1.00 bits per heavy atom. The molecule has 0 atom stereocenters. The van der Waals surface area contributed by atoms with Crippen LogP contribution in [-0.2, 0) is 0 Å². The zero-order valence-electron chi connectivity index (χ0n) is 14.9. The Kier molecular flexibility index (Phi) is 4.43. The van der Waals surface area contributed by atoms with Crippen LogP contribution >= 0.6 is 0 Å². The predicted molar refractivity (Wildman–Crippen MR) is 99.7 cm³/mol. The first-order chi connectivity index (χ1) is 12.8. The van der Waals surface area contributed by atoms with E-state index in [1.54, 1.807) is 13.3 Å². The molecule has 2 aromatic heterocycles. The highest BCUT2D eigenvalue weighted by Crippen LogP contribution is 2.31. The second kappa shape index (κ2) is 7.03. The monoisotopic (exact) mass is 351 g/mol. The van der Waals surface area contributed by atoms with Crippen molar-refractivity contribution in [2.45, 2.75) is 6.92 Å². The van der Waals surface area contributed by atoms with Crippen molar-refractivity contribution < 1.29 is 9.26 Å². The van der Waals surface area contributed by atoms with E-state index in [2.05, 4.69) is 31.0 Å². The zero-order valence-corrected chi connectivity index (χ0v) is 14.9. The number of ether oxygens (including phenoxy) is 1. The molecule has 0 N–H and O–H groups in total. The molecule has 3 aromatic rings. The molecule has 1 aliphatic heterocycles. The highest BCUT2D eigenvalue weighted by molar-refractivity contribution is 5.70. The van der Waals surface area contributed by atoms with Crippen LogP contribution in [0.2, 0.25) is 0 Å². The minimum atomic E-state index is 0.512. The number of hydrogen-bond donors (Lipinski definition) is 0. The second-order valence-electron chi connectivity index (χ2n) is 6.17. The number of hydrogen-bond acceptors (Lipinski definition) is 7. The lowest BCUT2D eigenvalue weighted by molar-refractivity contribution is 0.413. The van der Waals surface area contributed by atoms with Gasteiger partial charge in [0.15, 0.2) is 5.82 Å². The van der Waals surface area contributed by atoms with E-state index in [-0.39, 0.29) is 0 Å². The molecule has 4 rings (SSSR count). The lowest BCUT2D eigenvalue weighted by Crippen LogP contribution is -2.47. The van der Waals surface area contributed by atoms with Crippen LogP contribution in [0.15, 0.2) is 47.1 Å². The van der Waals surface area contributed by atoms with Gasteiger partial charge >= 0.3 is 0 Å². The summed E-state index contributed by atoms with van der Waals surface area (Å²) in [6.45, 7) is 5.30. The third kappa shape index (κ3) is 3.08. The van der Waals surface area contributed by atoms with Gasteiger partial charge in [0.25, 0.3) is 5.89 Å². The molecule has 7 heteroatoms. The highest BCUT2D eigenvalue weighted by Gasteiger charge is 2.23. The quantitative estimate of drug-likeness (QED) is 0.716. The van der Waals surface area contributed by atoms with Crippen molar-refractivity contribution in [1.82, 2.24) is 15.1 Å². The van der Waals surface area contributed by atoms with Crippen LogP contribution in [0.3, 0.4) is 0 Å². The number of pyridine rings is 1. The summed E-state index contributed by atoms with van der Waals surface area (Å²) in [4.78, 5) is 13.5. The summed E-state index contributed by atoms with van der Waals surface area (Å²) >= 11 is 0. The van der Waals surface area contributed by atoms with E-state index in [0.29, 0.717) is 11.7 Å². The van der Waals surface area contributed by atoms with Crippen LogP contribution in [0.1, 0.15) is 5.82 Å². The Hall–Kier alpha value is -3.09. The maximum Gasteiger partial charge on any atom is 0.261 e. The highest BCUT2D eigenvalue weighted by atomic mass is 16.5. The average molecular weight is 351 g/mol. The lowest BCUT2D eigenvalue weighted by Gasteiger charge is -2.37. The van der Waals surface area contributed by atoms with E-state index < -0.39 is 0 Å². The number of benzene rings is 1. The molecule has 0 radical (unpaired) electrons. The Balaban J connectivity index is 1.54. The van der Waals surface area contributed by atoms with Crippen molar-refractivity contribution in [1.29, 1.82) is 0 Å². The summed E-state index contributed by atoms with van der Waals surface area (Å²) in [6.07, 6.45) is 1.80. The predicted octanol–water partition coefficient (Wildman–Crippen LogP) is 2.78. The van der Waals surface area contributed by atoms with Crippen LogP contribution in [0.5, 0.6) is 5.75 Å². The van der Waals surface area contributed by atoms with Crippen molar-refractivity contribution >= 4 is 11.5 Å². The average Bonchev–Trinajstić information content (AvgIpc) is 3.14. The summed E-state index contributed by atoms with van der Waals surface area (Å²) < 4.78 is 10.8. The van der Waals surface area contributed by atoms with E-state index in [4.69, 9.17) is 9.26 Å². The van der Waals surface area contributed by atoms with Crippen LogP contribution in [-0.4, -0.2) is 48.4 Å². The SMILES string of the molecule is COc1ccccc1N1CCN(c2ncccc2-c2nc(C)no2)CC1. The Bertz CT molecular complexity index is 887. The molecule has 1 fully saturated rings. The number of para-hydroxylation sites is 2. The zero-order chi connectivity index (χ0) is 17.9. The first-order valence-electron chi connectivity index (χ1n) is 8.65. The maximum atomic E-state index is 5.49. The van der Waals surface area contributed by atoms with E-state index in [0.717, 1.165) is 49.0 Å². The van der Waals surface area contributed by atoms with Gasteiger partial charge in [-0.15, -0.1) is 0 Å². The maximum absolute atomic E-state index is 5.49. The molecule has 26 heavy (non-hydrogen) atoms. The third-order valence-corrected chi connectivity index (χ3v) is 4.55. The van der Waals surface area contributed by atoms with Crippen LogP contribution in [0.25, 0.3) is 11.5 Å². The van der Waals surface area contributed by atoms with E-state index in [1.165, 1.54) is 0 Å². The summed E-state index contributed by atoms with van der Waals surface area (Å²) in [5.41, 5.74) is 2.00. The minimum absolute atomic E-state index is 0.512. The number of aromatic nitrogens is 3. The van der Waals surface area contributed by atoms with Crippen molar-refractivity contribution in [2.24, 2.45) is 0 Å². The number of anilines is 2. The molecule has 3 heterocycles. The smallest absolute Gasteiger partial charge is 0.261 e. The van der Waals surface area contributed by atoms with Crippen LogP contribution in [0.4, 0.5) is 11.5 Å². The van der Waals surface area contributed by atoms with Gasteiger partial charge < -0.3 is 19.1 Å². The summed E-state index contributed by atoms with van der Waals surface area (Å²) in [5.74, 6) is 2.92. The van der Waals surface area contributed by atoms with Crippen molar-refractivity contribution in [3.8, 4) is 17.2 Å². The summed E-state index contributed by atoms with van der Waals surface area (Å²) in [7, 11) is 1.71. The van der Waals surface area contributed by atoms with Gasteiger partial charge in [-0.05, 0) is 31.2 Å². The lowest BCUT2D eigenvalue weighted by atomic mass is 10.2. The molecule has 0 spiro atoms. The molecule has 7 nitrogen and oxygen atoms in total. The van der Waals surface area contributed by atoms with Gasteiger partial charge in [-0.25, -0.2) is 4.98 Å².